The summed E-state index contributed by atoms with van der Waals surface area (Å²) >= 11 is 0. The van der Waals surface area contributed by atoms with Gasteiger partial charge >= 0.3 is 0 Å². The van der Waals surface area contributed by atoms with Crippen molar-refractivity contribution in [1.82, 2.24) is 15.2 Å². The molecule has 2 fully saturated rings. The molecule has 1 aliphatic carbocycles. The average molecular weight is 288 g/mol. The van der Waals surface area contributed by atoms with Gasteiger partial charge in [-0.05, 0) is 50.8 Å². The number of hydrogen-bond acceptors (Lipinski definition) is 4. The molecule has 114 valence electrons. The topological polar surface area (TPSA) is 57.3 Å². The van der Waals surface area contributed by atoms with Crippen molar-refractivity contribution in [1.29, 1.82) is 0 Å². The molecule has 1 saturated heterocycles. The van der Waals surface area contributed by atoms with Crippen LogP contribution in [0.3, 0.4) is 0 Å². The molecule has 0 radical (unpaired) electrons. The molecule has 2 aliphatic rings. The minimum atomic E-state index is -0.109. The van der Waals surface area contributed by atoms with E-state index in [-0.39, 0.29) is 5.91 Å². The maximum atomic E-state index is 11.8. The largest absolute Gasteiger partial charge is 0.385 e. The van der Waals surface area contributed by atoms with Gasteiger partial charge in [-0.2, -0.15) is 0 Å². The Balaban J connectivity index is 1.51. The van der Waals surface area contributed by atoms with Crippen LogP contribution in [0.1, 0.15) is 36.7 Å². The summed E-state index contributed by atoms with van der Waals surface area (Å²) in [6, 6.07) is 4.63. The average Bonchev–Trinajstić information content (AvgIpc) is 3.25. The highest BCUT2D eigenvalue weighted by atomic mass is 16.1. The smallest absolute Gasteiger partial charge is 0.269 e. The summed E-state index contributed by atoms with van der Waals surface area (Å²) in [4.78, 5) is 18.5. The van der Waals surface area contributed by atoms with Crippen LogP contribution in [-0.2, 0) is 0 Å². The molecule has 1 aliphatic heterocycles. The molecule has 1 atom stereocenters. The van der Waals surface area contributed by atoms with Crippen LogP contribution in [-0.4, -0.2) is 48.0 Å². The molecule has 3 rings (SSSR count). The highest BCUT2D eigenvalue weighted by molar-refractivity contribution is 5.93. The molecular weight excluding hydrogens is 264 g/mol. The molecule has 2 N–H and O–H groups in total. The zero-order chi connectivity index (χ0) is 14.7. The predicted octanol–water partition coefficient (Wildman–Crippen LogP) is 1.73. The number of rotatable bonds is 6. The van der Waals surface area contributed by atoms with Gasteiger partial charge in [-0.1, -0.05) is 0 Å². The van der Waals surface area contributed by atoms with Gasteiger partial charge in [-0.15, -0.1) is 0 Å². The van der Waals surface area contributed by atoms with Crippen LogP contribution in [0.4, 0.5) is 5.69 Å². The number of aromatic nitrogens is 1. The summed E-state index contributed by atoms with van der Waals surface area (Å²) in [5.74, 6) is 0.605. The van der Waals surface area contributed by atoms with Crippen LogP contribution in [0, 0.1) is 5.92 Å². The number of carbonyl (C=O) groups excluding carboxylic acids is 1. The Morgan fingerprint density at radius 3 is 3.05 bits per heavy atom. The first kappa shape index (κ1) is 14.3. The molecule has 21 heavy (non-hydrogen) atoms. The summed E-state index contributed by atoms with van der Waals surface area (Å²) in [7, 11) is 0. The maximum absolute atomic E-state index is 11.8. The van der Waals surface area contributed by atoms with Crippen molar-refractivity contribution in [3.05, 3.63) is 24.0 Å². The van der Waals surface area contributed by atoms with Crippen molar-refractivity contribution in [2.75, 3.05) is 31.5 Å². The number of nitrogens with zero attached hydrogens (tertiary/aromatic N) is 2. The molecule has 0 aromatic carbocycles. The molecule has 1 saturated carbocycles. The highest BCUT2D eigenvalue weighted by Gasteiger charge is 2.34. The predicted molar refractivity (Wildman–Crippen MR) is 83.4 cm³/mol. The number of likely N-dealkylation sites (tertiary alicyclic amines) is 1. The Morgan fingerprint density at radius 2 is 2.29 bits per heavy atom. The van der Waals surface area contributed by atoms with Gasteiger partial charge in [0.2, 0.25) is 0 Å². The molecular formula is C16H24N4O. The van der Waals surface area contributed by atoms with Gasteiger partial charge in [0.15, 0.2) is 0 Å². The third-order valence-corrected chi connectivity index (χ3v) is 4.31. The van der Waals surface area contributed by atoms with Crippen molar-refractivity contribution in [3.8, 4) is 0 Å². The zero-order valence-corrected chi connectivity index (χ0v) is 12.6. The number of carbonyl (C=O) groups is 1. The first-order valence-corrected chi connectivity index (χ1v) is 7.98. The zero-order valence-electron chi connectivity index (χ0n) is 12.6. The Kier molecular flexibility index (Phi) is 4.39. The lowest BCUT2D eigenvalue weighted by Gasteiger charge is -2.15. The number of hydrogen-bond donors (Lipinski definition) is 2. The van der Waals surface area contributed by atoms with Gasteiger partial charge in [-0.25, -0.2) is 0 Å². The Hall–Kier alpha value is -1.62. The summed E-state index contributed by atoms with van der Waals surface area (Å²) in [5.41, 5.74) is 1.46. The Bertz CT molecular complexity index is 501. The first-order valence-electron chi connectivity index (χ1n) is 7.98. The van der Waals surface area contributed by atoms with Crippen molar-refractivity contribution in [3.63, 3.8) is 0 Å². The lowest BCUT2D eigenvalue weighted by Crippen LogP contribution is -2.25. The van der Waals surface area contributed by atoms with E-state index in [1.54, 1.807) is 6.20 Å². The minimum Gasteiger partial charge on any atom is -0.385 e. The third kappa shape index (κ3) is 3.73. The van der Waals surface area contributed by atoms with Crippen molar-refractivity contribution < 1.29 is 4.79 Å². The Labute approximate surface area is 126 Å². The van der Waals surface area contributed by atoms with Gasteiger partial charge in [-0.3, -0.25) is 9.78 Å². The molecule has 1 aromatic heterocycles. The fourth-order valence-corrected chi connectivity index (χ4v) is 2.98. The second kappa shape index (κ2) is 6.43. The first-order chi connectivity index (χ1) is 10.3. The second-order valence-corrected chi connectivity index (χ2v) is 6.05. The van der Waals surface area contributed by atoms with Gasteiger partial charge in [0.1, 0.15) is 5.69 Å². The quantitative estimate of drug-likeness (QED) is 0.837. The summed E-state index contributed by atoms with van der Waals surface area (Å²) in [6.07, 6.45) is 5.75. The number of anilines is 1. The number of amides is 1. The SMILES string of the molecule is CCNC(=O)c1cc(NCC2CCN(C3CC3)C2)ccn1. The van der Waals surface area contributed by atoms with Crippen molar-refractivity contribution in [2.24, 2.45) is 5.92 Å². The van der Waals surface area contributed by atoms with Crippen LogP contribution >= 0.6 is 0 Å². The molecule has 5 nitrogen and oxygen atoms in total. The van der Waals surface area contributed by atoms with Gasteiger partial charge in [0.25, 0.3) is 5.91 Å². The van der Waals surface area contributed by atoms with Gasteiger partial charge in [0.05, 0.1) is 0 Å². The van der Waals surface area contributed by atoms with Gasteiger partial charge in [0, 0.05) is 37.6 Å². The monoisotopic (exact) mass is 288 g/mol. The van der Waals surface area contributed by atoms with Crippen LogP contribution in [0.15, 0.2) is 18.3 Å². The molecule has 2 heterocycles. The standard InChI is InChI=1S/C16H24N4O/c1-2-17-16(21)15-9-13(5-7-18-15)19-10-12-6-8-20(11-12)14-3-4-14/h5,7,9,12,14H,2-4,6,8,10-11H2,1H3,(H,17,21)(H,18,19). The summed E-state index contributed by atoms with van der Waals surface area (Å²) in [6.45, 7) is 5.97. The van der Waals surface area contributed by atoms with E-state index in [1.807, 2.05) is 19.1 Å². The molecule has 1 aromatic rings. The Morgan fingerprint density at radius 1 is 1.43 bits per heavy atom. The van der Waals surface area contributed by atoms with Crippen LogP contribution < -0.4 is 10.6 Å². The summed E-state index contributed by atoms with van der Waals surface area (Å²) in [5, 5.41) is 6.23. The highest BCUT2D eigenvalue weighted by Crippen LogP contribution is 2.31. The van der Waals surface area contributed by atoms with Crippen LogP contribution in [0.2, 0.25) is 0 Å². The normalized spacial score (nSPS) is 22.2. The molecule has 5 heteroatoms. The van der Waals surface area contributed by atoms with Crippen LogP contribution in [0.25, 0.3) is 0 Å². The fraction of sp³-hybridized carbons (Fsp3) is 0.625. The van der Waals surface area contributed by atoms with Crippen molar-refractivity contribution in [2.45, 2.75) is 32.2 Å². The molecule has 0 spiro atoms. The van der Waals surface area contributed by atoms with E-state index in [9.17, 15) is 4.79 Å². The van der Waals surface area contributed by atoms with E-state index in [1.165, 1.54) is 32.4 Å². The second-order valence-electron chi connectivity index (χ2n) is 6.05. The fourth-order valence-electron chi connectivity index (χ4n) is 2.98. The van der Waals surface area contributed by atoms with Crippen LogP contribution in [0.5, 0.6) is 0 Å². The summed E-state index contributed by atoms with van der Waals surface area (Å²) < 4.78 is 0. The lowest BCUT2D eigenvalue weighted by atomic mass is 10.1. The van der Waals surface area contributed by atoms with E-state index in [0.29, 0.717) is 18.2 Å². The van der Waals surface area contributed by atoms with E-state index in [4.69, 9.17) is 0 Å². The maximum Gasteiger partial charge on any atom is 0.269 e. The van der Waals surface area contributed by atoms with Gasteiger partial charge < -0.3 is 15.5 Å². The third-order valence-electron chi connectivity index (χ3n) is 4.31. The van der Waals surface area contributed by atoms with E-state index in [2.05, 4.69) is 20.5 Å². The van der Waals surface area contributed by atoms with Crippen molar-refractivity contribution >= 4 is 11.6 Å². The molecule has 1 unspecified atom stereocenters. The number of nitrogens with one attached hydrogen (secondary N) is 2. The van der Waals surface area contributed by atoms with E-state index >= 15 is 0 Å². The number of pyridine rings is 1. The minimum absolute atomic E-state index is 0.109. The molecule has 0 bridgehead atoms. The van der Waals surface area contributed by atoms with E-state index < -0.39 is 0 Å². The molecule has 1 amide bonds. The van der Waals surface area contributed by atoms with E-state index in [0.717, 1.165) is 18.3 Å². The lowest BCUT2D eigenvalue weighted by molar-refractivity contribution is 0.0951.